The number of thiophene rings is 1. The number of nitrogens with zero attached hydrogens (tertiary/aromatic N) is 2. The van der Waals surface area contributed by atoms with Crippen LogP contribution in [0.1, 0.15) is 54.4 Å². The number of aryl methyl sites for hydroxylation is 1. The smallest absolute Gasteiger partial charge is 0.127 e. The van der Waals surface area contributed by atoms with Crippen molar-refractivity contribution in [3.63, 3.8) is 0 Å². The molecule has 0 unspecified atom stereocenters. The van der Waals surface area contributed by atoms with E-state index in [1.807, 2.05) is 6.92 Å². The predicted molar refractivity (Wildman–Crippen MR) is 79.6 cm³/mol. The SMILES string of the molecule is Cc1nc(/C=C\O)c2cc(C3CCCCC3)sc2n1. The van der Waals surface area contributed by atoms with Crippen molar-refractivity contribution < 1.29 is 5.11 Å². The molecule has 2 heterocycles. The van der Waals surface area contributed by atoms with Crippen LogP contribution in [0.2, 0.25) is 0 Å². The average molecular weight is 274 g/mol. The molecule has 1 aliphatic carbocycles. The Morgan fingerprint density at radius 1 is 1.26 bits per heavy atom. The number of hydrogen-bond acceptors (Lipinski definition) is 4. The summed E-state index contributed by atoms with van der Waals surface area (Å²) < 4.78 is 0. The first-order valence-electron chi connectivity index (χ1n) is 6.87. The first-order chi connectivity index (χ1) is 9.28. The molecule has 100 valence electrons. The van der Waals surface area contributed by atoms with E-state index in [4.69, 9.17) is 5.11 Å². The third-order valence-corrected chi connectivity index (χ3v) is 4.98. The van der Waals surface area contributed by atoms with Crippen LogP contribution < -0.4 is 0 Å². The van der Waals surface area contributed by atoms with E-state index in [9.17, 15) is 0 Å². The van der Waals surface area contributed by atoms with Crippen molar-refractivity contribution in [1.29, 1.82) is 0 Å². The molecule has 3 nitrogen and oxygen atoms in total. The largest absolute Gasteiger partial charge is 0.516 e. The van der Waals surface area contributed by atoms with Crippen molar-refractivity contribution in [2.75, 3.05) is 0 Å². The number of fused-ring (bicyclic) bond motifs is 1. The van der Waals surface area contributed by atoms with Gasteiger partial charge >= 0.3 is 0 Å². The fourth-order valence-electron chi connectivity index (χ4n) is 2.86. The monoisotopic (exact) mass is 274 g/mol. The summed E-state index contributed by atoms with van der Waals surface area (Å²) in [4.78, 5) is 11.4. The van der Waals surface area contributed by atoms with Gasteiger partial charge in [0, 0.05) is 10.3 Å². The van der Waals surface area contributed by atoms with Crippen molar-refractivity contribution in [3.05, 3.63) is 28.7 Å². The summed E-state index contributed by atoms with van der Waals surface area (Å²) in [6, 6.07) is 2.23. The van der Waals surface area contributed by atoms with Crippen LogP contribution >= 0.6 is 11.3 Å². The maximum atomic E-state index is 8.99. The summed E-state index contributed by atoms with van der Waals surface area (Å²) in [6.07, 6.45) is 9.35. The van der Waals surface area contributed by atoms with Crippen LogP contribution in [0.15, 0.2) is 12.3 Å². The lowest BCUT2D eigenvalue weighted by Gasteiger charge is -2.19. The third kappa shape index (κ3) is 2.50. The molecule has 0 atom stereocenters. The summed E-state index contributed by atoms with van der Waals surface area (Å²) in [7, 11) is 0. The normalized spacial score (nSPS) is 17.5. The fourth-order valence-corrected chi connectivity index (χ4v) is 4.11. The predicted octanol–water partition coefficient (Wildman–Crippen LogP) is 4.58. The molecule has 0 spiro atoms. The van der Waals surface area contributed by atoms with Crippen molar-refractivity contribution in [2.24, 2.45) is 0 Å². The number of rotatable bonds is 2. The standard InChI is InChI=1S/C15H18N2OS/c1-10-16-13(7-8-18)12-9-14(19-15(12)17-10)11-5-3-2-4-6-11/h7-9,11,18H,2-6H2,1H3/b8-7-. The Morgan fingerprint density at radius 2 is 2.05 bits per heavy atom. The minimum atomic E-state index is 0.694. The van der Waals surface area contributed by atoms with E-state index in [1.165, 1.54) is 37.0 Å². The second kappa shape index (κ2) is 5.29. The summed E-state index contributed by atoms with van der Waals surface area (Å²) in [6.45, 7) is 1.90. The Bertz CT molecular complexity index is 612. The third-order valence-electron chi connectivity index (χ3n) is 3.79. The maximum absolute atomic E-state index is 8.99. The highest BCUT2D eigenvalue weighted by atomic mass is 32.1. The molecule has 0 saturated heterocycles. The van der Waals surface area contributed by atoms with Gasteiger partial charge in [0.05, 0.1) is 12.0 Å². The number of aliphatic hydroxyl groups excluding tert-OH is 1. The highest BCUT2D eigenvalue weighted by Gasteiger charge is 2.19. The Labute approximate surface area is 117 Å². The van der Waals surface area contributed by atoms with Gasteiger partial charge in [-0.2, -0.15) is 0 Å². The van der Waals surface area contributed by atoms with Crippen molar-refractivity contribution in [3.8, 4) is 0 Å². The first kappa shape index (κ1) is 12.6. The summed E-state index contributed by atoms with van der Waals surface area (Å²) >= 11 is 1.79. The van der Waals surface area contributed by atoms with E-state index in [-0.39, 0.29) is 0 Å². The Balaban J connectivity index is 2.06. The lowest BCUT2D eigenvalue weighted by atomic mass is 9.88. The molecule has 1 aliphatic rings. The molecular formula is C15H18N2OS. The molecule has 4 heteroatoms. The zero-order valence-electron chi connectivity index (χ0n) is 11.1. The van der Waals surface area contributed by atoms with Crippen LogP contribution in [0, 0.1) is 6.92 Å². The molecular weight excluding hydrogens is 256 g/mol. The zero-order chi connectivity index (χ0) is 13.2. The molecule has 19 heavy (non-hydrogen) atoms. The molecule has 0 amide bonds. The van der Waals surface area contributed by atoms with E-state index < -0.39 is 0 Å². The van der Waals surface area contributed by atoms with Crippen molar-refractivity contribution in [2.45, 2.75) is 44.9 Å². The Morgan fingerprint density at radius 3 is 2.79 bits per heavy atom. The van der Waals surface area contributed by atoms with Crippen LogP contribution in [0.4, 0.5) is 0 Å². The zero-order valence-corrected chi connectivity index (χ0v) is 11.9. The van der Waals surface area contributed by atoms with E-state index in [0.29, 0.717) is 5.92 Å². The summed E-state index contributed by atoms with van der Waals surface area (Å²) in [5.74, 6) is 1.46. The van der Waals surface area contributed by atoms with Gasteiger partial charge in [-0.15, -0.1) is 11.3 Å². The Hall–Kier alpha value is -1.42. The van der Waals surface area contributed by atoms with Gasteiger partial charge in [0.1, 0.15) is 10.7 Å². The molecule has 1 saturated carbocycles. The molecule has 0 aliphatic heterocycles. The van der Waals surface area contributed by atoms with E-state index >= 15 is 0 Å². The van der Waals surface area contributed by atoms with Gasteiger partial charge in [-0.25, -0.2) is 9.97 Å². The summed E-state index contributed by atoms with van der Waals surface area (Å²) in [5.41, 5.74) is 0.823. The first-order valence-corrected chi connectivity index (χ1v) is 7.68. The molecule has 0 bridgehead atoms. The number of aromatic nitrogens is 2. The van der Waals surface area contributed by atoms with Gasteiger partial charge in [-0.05, 0) is 37.8 Å². The fraction of sp³-hybridized carbons (Fsp3) is 0.467. The minimum absolute atomic E-state index is 0.694. The molecule has 2 aromatic rings. The molecule has 1 fully saturated rings. The van der Waals surface area contributed by atoms with Crippen LogP contribution in [-0.4, -0.2) is 15.1 Å². The van der Waals surface area contributed by atoms with Crippen LogP contribution in [-0.2, 0) is 0 Å². The lowest BCUT2D eigenvalue weighted by Crippen LogP contribution is -2.02. The van der Waals surface area contributed by atoms with Crippen LogP contribution in [0.25, 0.3) is 16.3 Å². The van der Waals surface area contributed by atoms with Crippen molar-refractivity contribution in [1.82, 2.24) is 9.97 Å². The summed E-state index contributed by atoms with van der Waals surface area (Å²) in [5, 5.41) is 10.1. The second-order valence-electron chi connectivity index (χ2n) is 5.17. The Kier molecular flexibility index (Phi) is 3.51. The van der Waals surface area contributed by atoms with Gasteiger partial charge < -0.3 is 5.11 Å². The molecule has 0 aromatic carbocycles. The van der Waals surface area contributed by atoms with Gasteiger partial charge in [-0.3, -0.25) is 0 Å². The van der Waals surface area contributed by atoms with E-state index in [0.717, 1.165) is 28.0 Å². The molecule has 1 N–H and O–H groups in total. The maximum Gasteiger partial charge on any atom is 0.127 e. The quantitative estimate of drug-likeness (QED) is 0.815. The minimum Gasteiger partial charge on any atom is -0.516 e. The number of aliphatic hydroxyl groups is 1. The topological polar surface area (TPSA) is 46.0 Å². The molecule has 0 radical (unpaired) electrons. The average Bonchev–Trinajstić information content (AvgIpc) is 2.84. The second-order valence-corrected chi connectivity index (χ2v) is 6.24. The van der Waals surface area contributed by atoms with Gasteiger partial charge in [0.25, 0.3) is 0 Å². The van der Waals surface area contributed by atoms with Crippen LogP contribution in [0.5, 0.6) is 0 Å². The highest BCUT2D eigenvalue weighted by molar-refractivity contribution is 7.18. The van der Waals surface area contributed by atoms with E-state index in [2.05, 4.69) is 16.0 Å². The van der Waals surface area contributed by atoms with Gasteiger partial charge in [0.15, 0.2) is 0 Å². The van der Waals surface area contributed by atoms with Gasteiger partial charge in [0.2, 0.25) is 0 Å². The van der Waals surface area contributed by atoms with Crippen molar-refractivity contribution >= 4 is 27.6 Å². The van der Waals surface area contributed by atoms with Gasteiger partial charge in [-0.1, -0.05) is 19.3 Å². The molecule has 2 aromatic heterocycles. The number of hydrogen-bond donors (Lipinski definition) is 1. The highest BCUT2D eigenvalue weighted by Crippen LogP contribution is 2.39. The van der Waals surface area contributed by atoms with E-state index in [1.54, 1.807) is 17.4 Å². The molecule has 3 rings (SSSR count). The lowest BCUT2D eigenvalue weighted by molar-refractivity contribution is 0.448. The van der Waals surface area contributed by atoms with Crippen LogP contribution in [0.3, 0.4) is 0 Å².